The van der Waals surface area contributed by atoms with Gasteiger partial charge >= 0.3 is 5.97 Å². The highest BCUT2D eigenvalue weighted by Gasteiger charge is 2.28. The Labute approximate surface area is 116 Å². The number of hydrogen-bond acceptors (Lipinski definition) is 3. The number of piperidine rings is 1. The van der Waals surface area contributed by atoms with Crippen LogP contribution in [0.25, 0.3) is 0 Å². The number of halogens is 1. The first kappa shape index (κ1) is 14.3. The molecule has 0 saturated carbocycles. The molecule has 5 nitrogen and oxygen atoms in total. The topological polar surface area (TPSA) is 66.8 Å². The Balaban J connectivity index is 2.16. The van der Waals surface area contributed by atoms with Gasteiger partial charge in [-0.15, -0.1) is 0 Å². The van der Waals surface area contributed by atoms with E-state index in [1.165, 1.54) is 30.2 Å². The molecule has 0 aliphatic carbocycles. The van der Waals surface area contributed by atoms with Gasteiger partial charge in [0, 0.05) is 18.7 Å². The van der Waals surface area contributed by atoms with Gasteiger partial charge in [-0.3, -0.25) is 9.59 Å². The van der Waals surface area contributed by atoms with Gasteiger partial charge in [0.15, 0.2) is 11.6 Å². The zero-order valence-corrected chi connectivity index (χ0v) is 11.1. The van der Waals surface area contributed by atoms with E-state index in [4.69, 9.17) is 9.84 Å². The predicted molar refractivity (Wildman–Crippen MR) is 69.2 cm³/mol. The molecule has 1 amide bonds. The number of likely N-dealkylation sites (tertiary alicyclic amines) is 1. The number of carbonyl (C=O) groups is 2. The van der Waals surface area contributed by atoms with Gasteiger partial charge in [-0.25, -0.2) is 4.39 Å². The van der Waals surface area contributed by atoms with Crippen LogP contribution in [0.5, 0.6) is 5.75 Å². The van der Waals surface area contributed by atoms with E-state index in [1.54, 1.807) is 0 Å². The fourth-order valence-electron chi connectivity index (χ4n) is 2.34. The third-order valence-electron chi connectivity index (χ3n) is 3.46. The molecule has 1 saturated heterocycles. The first-order valence-corrected chi connectivity index (χ1v) is 6.38. The minimum Gasteiger partial charge on any atom is -0.494 e. The fraction of sp³-hybridized carbons (Fsp3) is 0.429. The van der Waals surface area contributed by atoms with Crippen LogP contribution >= 0.6 is 0 Å². The monoisotopic (exact) mass is 281 g/mol. The Kier molecular flexibility index (Phi) is 4.22. The smallest absolute Gasteiger partial charge is 0.308 e. The highest BCUT2D eigenvalue weighted by Crippen LogP contribution is 2.22. The van der Waals surface area contributed by atoms with Crippen molar-refractivity contribution in [3.05, 3.63) is 29.6 Å². The van der Waals surface area contributed by atoms with Gasteiger partial charge in [-0.2, -0.15) is 0 Å². The summed E-state index contributed by atoms with van der Waals surface area (Å²) in [4.78, 5) is 24.8. The molecule has 1 aromatic carbocycles. The molecule has 6 heteroatoms. The Morgan fingerprint density at radius 2 is 2.20 bits per heavy atom. The molecule has 1 N–H and O–H groups in total. The Morgan fingerprint density at radius 3 is 2.85 bits per heavy atom. The van der Waals surface area contributed by atoms with E-state index in [2.05, 4.69) is 0 Å². The lowest BCUT2D eigenvalue weighted by Gasteiger charge is -2.30. The van der Waals surface area contributed by atoms with E-state index < -0.39 is 17.7 Å². The SMILES string of the molecule is COc1cc(C(=O)N2CCCC(C(=O)O)C2)ccc1F. The van der Waals surface area contributed by atoms with E-state index in [0.717, 1.165) is 0 Å². The average Bonchev–Trinajstić information content (AvgIpc) is 2.47. The number of methoxy groups -OCH3 is 1. The van der Waals surface area contributed by atoms with Crippen LogP contribution in [0, 0.1) is 11.7 Å². The summed E-state index contributed by atoms with van der Waals surface area (Å²) in [5.74, 6) is -2.25. The van der Waals surface area contributed by atoms with Crippen LogP contribution in [0.15, 0.2) is 18.2 Å². The van der Waals surface area contributed by atoms with Crippen molar-refractivity contribution in [3.63, 3.8) is 0 Å². The number of nitrogens with zero attached hydrogens (tertiary/aromatic N) is 1. The van der Waals surface area contributed by atoms with E-state index >= 15 is 0 Å². The molecular formula is C14H16FNO4. The minimum atomic E-state index is -0.890. The third kappa shape index (κ3) is 2.89. The summed E-state index contributed by atoms with van der Waals surface area (Å²) >= 11 is 0. The van der Waals surface area contributed by atoms with Crippen molar-refractivity contribution in [2.75, 3.05) is 20.2 Å². The molecular weight excluding hydrogens is 265 g/mol. The van der Waals surface area contributed by atoms with Crippen molar-refractivity contribution in [2.45, 2.75) is 12.8 Å². The number of hydrogen-bond donors (Lipinski definition) is 1. The summed E-state index contributed by atoms with van der Waals surface area (Å²) in [5.41, 5.74) is 0.300. The van der Waals surface area contributed by atoms with Crippen LogP contribution in [-0.2, 0) is 4.79 Å². The fourth-order valence-corrected chi connectivity index (χ4v) is 2.34. The molecule has 20 heavy (non-hydrogen) atoms. The van der Waals surface area contributed by atoms with Crippen molar-refractivity contribution in [1.29, 1.82) is 0 Å². The van der Waals surface area contributed by atoms with Crippen molar-refractivity contribution in [1.82, 2.24) is 4.90 Å². The summed E-state index contributed by atoms with van der Waals surface area (Å²) in [6.45, 7) is 0.705. The number of aliphatic carboxylic acids is 1. The number of carboxylic acid groups (broad SMARTS) is 1. The molecule has 1 atom stereocenters. The molecule has 1 heterocycles. The summed E-state index contributed by atoms with van der Waals surface area (Å²) in [5, 5.41) is 9.02. The highest BCUT2D eigenvalue weighted by atomic mass is 19.1. The van der Waals surface area contributed by atoms with Crippen molar-refractivity contribution < 1.29 is 23.8 Å². The largest absolute Gasteiger partial charge is 0.494 e. The average molecular weight is 281 g/mol. The van der Waals surface area contributed by atoms with Gasteiger partial charge in [0.05, 0.1) is 13.0 Å². The minimum absolute atomic E-state index is 0.00245. The molecule has 1 unspecified atom stereocenters. The maximum Gasteiger partial charge on any atom is 0.308 e. The van der Waals surface area contributed by atoms with Crippen LogP contribution in [0.2, 0.25) is 0 Å². The Bertz CT molecular complexity index is 532. The van der Waals surface area contributed by atoms with Crippen LogP contribution in [0.4, 0.5) is 4.39 Å². The van der Waals surface area contributed by atoms with E-state index in [9.17, 15) is 14.0 Å². The van der Waals surface area contributed by atoms with Crippen LogP contribution in [-0.4, -0.2) is 42.1 Å². The van der Waals surface area contributed by atoms with Crippen molar-refractivity contribution >= 4 is 11.9 Å². The molecule has 1 aromatic rings. The summed E-state index contributed by atoms with van der Waals surface area (Å²) in [6, 6.07) is 3.89. The molecule has 1 fully saturated rings. The van der Waals surface area contributed by atoms with Gasteiger partial charge in [-0.1, -0.05) is 0 Å². The second-order valence-electron chi connectivity index (χ2n) is 4.78. The van der Waals surface area contributed by atoms with Crippen molar-refractivity contribution in [3.8, 4) is 5.75 Å². The second kappa shape index (κ2) is 5.90. The Hall–Kier alpha value is -2.11. The van der Waals surface area contributed by atoms with Crippen LogP contribution < -0.4 is 4.74 Å². The van der Waals surface area contributed by atoms with Gasteiger partial charge < -0.3 is 14.7 Å². The van der Waals surface area contributed by atoms with Crippen LogP contribution in [0.3, 0.4) is 0 Å². The van der Waals surface area contributed by atoms with E-state index in [-0.39, 0.29) is 18.2 Å². The molecule has 1 aliphatic heterocycles. The summed E-state index contributed by atoms with van der Waals surface area (Å²) in [7, 11) is 1.33. The molecule has 1 aliphatic rings. The first-order valence-electron chi connectivity index (χ1n) is 6.38. The summed E-state index contributed by atoms with van der Waals surface area (Å²) < 4.78 is 18.2. The number of rotatable bonds is 3. The van der Waals surface area contributed by atoms with Gasteiger partial charge in [-0.05, 0) is 31.0 Å². The molecule has 0 radical (unpaired) electrons. The molecule has 2 rings (SSSR count). The Morgan fingerprint density at radius 1 is 1.45 bits per heavy atom. The number of ether oxygens (including phenoxy) is 1. The van der Waals surface area contributed by atoms with Gasteiger partial charge in [0.1, 0.15) is 0 Å². The van der Waals surface area contributed by atoms with Crippen LogP contribution in [0.1, 0.15) is 23.2 Å². The summed E-state index contributed by atoms with van der Waals surface area (Å²) in [6.07, 6.45) is 1.23. The van der Waals surface area contributed by atoms with E-state index in [1.807, 2.05) is 0 Å². The zero-order valence-electron chi connectivity index (χ0n) is 11.1. The number of amides is 1. The normalized spacial score (nSPS) is 18.7. The first-order chi connectivity index (χ1) is 9.52. The maximum absolute atomic E-state index is 13.3. The number of carboxylic acids is 1. The van der Waals surface area contributed by atoms with E-state index in [0.29, 0.717) is 24.9 Å². The van der Waals surface area contributed by atoms with Gasteiger partial charge in [0.25, 0.3) is 5.91 Å². The lowest BCUT2D eigenvalue weighted by molar-refractivity contribution is -0.143. The molecule has 0 bridgehead atoms. The maximum atomic E-state index is 13.3. The lowest BCUT2D eigenvalue weighted by Crippen LogP contribution is -2.42. The van der Waals surface area contributed by atoms with Crippen molar-refractivity contribution in [2.24, 2.45) is 5.92 Å². The third-order valence-corrected chi connectivity index (χ3v) is 3.46. The molecule has 0 aromatic heterocycles. The number of carbonyl (C=O) groups excluding carboxylic acids is 1. The highest BCUT2D eigenvalue weighted by molar-refractivity contribution is 5.95. The lowest BCUT2D eigenvalue weighted by atomic mass is 9.97. The van der Waals surface area contributed by atoms with Gasteiger partial charge in [0.2, 0.25) is 0 Å². The molecule has 108 valence electrons. The second-order valence-corrected chi connectivity index (χ2v) is 4.78. The quantitative estimate of drug-likeness (QED) is 0.917. The predicted octanol–water partition coefficient (Wildman–Crippen LogP) is 1.77. The zero-order chi connectivity index (χ0) is 14.7. The molecule has 0 spiro atoms. The number of benzene rings is 1. The standard InChI is InChI=1S/C14H16FNO4/c1-20-12-7-9(4-5-11(12)15)13(17)16-6-2-3-10(8-16)14(18)19/h4-5,7,10H,2-3,6,8H2,1H3,(H,18,19).